The molecule has 1 unspecified atom stereocenters. The maximum absolute atomic E-state index is 13.9. The monoisotopic (exact) mass is 518 g/mol. The Balaban J connectivity index is 1.33. The fourth-order valence-corrected chi connectivity index (χ4v) is 7.41. The van der Waals surface area contributed by atoms with Gasteiger partial charge < -0.3 is 9.32 Å². The van der Waals surface area contributed by atoms with Crippen LogP contribution in [0.4, 0.5) is 0 Å². The smallest absolute Gasteiger partial charge is 0.254 e. The summed E-state index contributed by atoms with van der Waals surface area (Å²) in [5.74, 6) is 1.24. The number of hydrogen-bond donors (Lipinski definition) is 0. The van der Waals surface area contributed by atoms with Crippen molar-refractivity contribution in [2.45, 2.75) is 38.6 Å². The van der Waals surface area contributed by atoms with Gasteiger partial charge in [0, 0.05) is 13.1 Å². The standard InChI is InChI=1S/C28H30N4O4S/c1-19-26-23(28(33)31-12-9-21(10-13-31)16-20-6-3-2-4-7-20)17-24(25-8-5-14-36-25)29-27(26)32(30-19)22-11-15-37(34,35)18-22/h2-8,14,17,21-22H,9-13,15-16,18H2,1H3. The number of carbonyl (C=O) groups is 1. The Morgan fingerprint density at radius 1 is 1.08 bits per heavy atom. The quantitative estimate of drug-likeness (QED) is 0.387. The van der Waals surface area contributed by atoms with Crippen molar-refractivity contribution in [2.75, 3.05) is 24.6 Å². The summed E-state index contributed by atoms with van der Waals surface area (Å²) in [5, 5.41) is 5.39. The van der Waals surface area contributed by atoms with Crippen molar-refractivity contribution in [3.05, 3.63) is 71.6 Å². The molecule has 6 rings (SSSR count). The molecule has 4 aromatic rings. The SMILES string of the molecule is Cc1nn(C2CCS(=O)(=O)C2)c2nc(-c3ccco3)cc(C(=O)N3CCC(Cc4ccccc4)CC3)c12. The number of piperidine rings is 1. The van der Waals surface area contributed by atoms with Crippen molar-refractivity contribution in [1.29, 1.82) is 0 Å². The summed E-state index contributed by atoms with van der Waals surface area (Å²) in [5.41, 5.74) is 3.64. The van der Waals surface area contributed by atoms with Crippen LogP contribution in [-0.4, -0.2) is 58.6 Å². The maximum atomic E-state index is 13.9. The highest BCUT2D eigenvalue weighted by Crippen LogP contribution is 2.33. The number of hydrogen-bond acceptors (Lipinski definition) is 6. The molecule has 8 nitrogen and oxygen atoms in total. The second kappa shape index (κ2) is 9.45. The summed E-state index contributed by atoms with van der Waals surface area (Å²) >= 11 is 0. The molecule has 0 radical (unpaired) electrons. The predicted molar refractivity (Wildman–Crippen MR) is 141 cm³/mol. The molecule has 5 heterocycles. The molecule has 2 saturated heterocycles. The highest BCUT2D eigenvalue weighted by molar-refractivity contribution is 7.91. The van der Waals surface area contributed by atoms with Crippen LogP contribution >= 0.6 is 0 Å². The van der Waals surface area contributed by atoms with Crippen molar-refractivity contribution in [1.82, 2.24) is 19.7 Å². The highest BCUT2D eigenvalue weighted by atomic mass is 32.2. The topological polar surface area (TPSA) is 98.3 Å². The van der Waals surface area contributed by atoms with Crippen LogP contribution in [0.2, 0.25) is 0 Å². The van der Waals surface area contributed by atoms with E-state index in [0.717, 1.165) is 19.3 Å². The summed E-state index contributed by atoms with van der Waals surface area (Å²) in [6.07, 6.45) is 5.01. The van der Waals surface area contributed by atoms with Crippen LogP contribution in [0.5, 0.6) is 0 Å². The molecule has 9 heteroatoms. The number of amides is 1. The summed E-state index contributed by atoms with van der Waals surface area (Å²) in [4.78, 5) is 20.7. The van der Waals surface area contributed by atoms with Gasteiger partial charge in [-0.25, -0.2) is 18.1 Å². The van der Waals surface area contributed by atoms with E-state index in [1.54, 1.807) is 23.1 Å². The third-order valence-electron chi connectivity index (χ3n) is 7.66. The molecule has 1 atom stereocenters. The fourth-order valence-electron chi connectivity index (χ4n) is 5.71. The molecule has 2 aliphatic heterocycles. The van der Waals surface area contributed by atoms with E-state index in [1.807, 2.05) is 24.0 Å². The van der Waals surface area contributed by atoms with Crippen LogP contribution in [0, 0.1) is 12.8 Å². The normalized spacial score (nSPS) is 20.0. The number of fused-ring (bicyclic) bond motifs is 1. The van der Waals surface area contributed by atoms with Crippen LogP contribution in [0.25, 0.3) is 22.5 Å². The number of pyridine rings is 1. The average Bonchev–Trinajstić information content (AvgIpc) is 3.64. The van der Waals surface area contributed by atoms with Crippen molar-refractivity contribution < 1.29 is 17.6 Å². The lowest BCUT2D eigenvalue weighted by Crippen LogP contribution is -2.39. The first-order valence-electron chi connectivity index (χ1n) is 12.9. The first-order valence-corrected chi connectivity index (χ1v) is 14.7. The number of carbonyl (C=O) groups excluding carboxylic acids is 1. The molecule has 0 spiro atoms. The lowest BCUT2D eigenvalue weighted by molar-refractivity contribution is 0.0692. The van der Waals surface area contributed by atoms with E-state index in [9.17, 15) is 13.2 Å². The Morgan fingerprint density at radius 3 is 2.54 bits per heavy atom. The predicted octanol–water partition coefficient (Wildman–Crippen LogP) is 4.45. The number of furan rings is 1. The van der Waals surface area contributed by atoms with E-state index < -0.39 is 9.84 Å². The Kier molecular flexibility index (Phi) is 6.10. The molecular weight excluding hydrogens is 488 g/mol. The van der Waals surface area contributed by atoms with Gasteiger partial charge >= 0.3 is 0 Å². The molecule has 0 aliphatic carbocycles. The number of benzene rings is 1. The molecule has 192 valence electrons. The lowest BCUT2D eigenvalue weighted by atomic mass is 9.90. The van der Waals surface area contributed by atoms with Crippen LogP contribution in [0.1, 0.15) is 46.9 Å². The number of nitrogens with zero attached hydrogens (tertiary/aromatic N) is 4. The summed E-state index contributed by atoms with van der Waals surface area (Å²) < 4.78 is 31.7. The number of sulfone groups is 1. The first kappa shape index (κ1) is 23.9. The number of aryl methyl sites for hydroxylation is 1. The molecule has 3 aromatic heterocycles. The molecule has 0 N–H and O–H groups in total. The fraction of sp³-hybridized carbons (Fsp3) is 0.393. The summed E-state index contributed by atoms with van der Waals surface area (Å²) in [6, 6.07) is 15.6. The van der Waals surface area contributed by atoms with Gasteiger partial charge in [-0.15, -0.1) is 0 Å². The molecule has 2 fully saturated rings. The van der Waals surface area contributed by atoms with Gasteiger partial charge in [0.05, 0.1) is 40.5 Å². The Labute approximate surface area is 216 Å². The summed E-state index contributed by atoms with van der Waals surface area (Å²) in [6.45, 7) is 3.26. The zero-order chi connectivity index (χ0) is 25.6. The molecule has 1 amide bonds. The molecular formula is C28H30N4O4S. The van der Waals surface area contributed by atoms with Gasteiger partial charge in [-0.1, -0.05) is 30.3 Å². The lowest BCUT2D eigenvalue weighted by Gasteiger charge is -2.32. The van der Waals surface area contributed by atoms with E-state index in [4.69, 9.17) is 14.5 Å². The summed E-state index contributed by atoms with van der Waals surface area (Å²) in [7, 11) is -3.11. The van der Waals surface area contributed by atoms with Gasteiger partial charge in [0.15, 0.2) is 21.2 Å². The van der Waals surface area contributed by atoms with E-state index in [0.29, 0.717) is 59.2 Å². The molecule has 37 heavy (non-hydrogen) atoms. The van der Waals surface area contributed by atoms with Crippen LogP contribution in [-0.2, 0) is 16.3 Å². The van der Waals surface area contributed by atoms with Gasteiger partial charge in [-0.05, 0) is 62.3 Å². The molecule has 0 bridgehead atoms. The van der Waals surface area contributed by atoms with Gasteiger partial charge in [-0.2, -0.15) is 5.10 Å². The minimum atomic E-state index is -3.11. The zero-order valence-corrected chi connectivity index (χ0v) is 21.7. The van der Waals surface area contributed by atoms with Crippen LogP contribution < -0.4 is 0 Å². The van der Waals surface area contributed by atoms with Gasteiger partial charge in [0.1, 0.15) is 5.69 Å². The maximum Gasteiger partial charge on any atom is 0.254 e. The highest BCUT2D eigenvalue weighted by Gasteiger charge is 2.33. The molecule has 1 aromatic carbocycles. The Morgan fingerprint density at radius 2 is 1.86 bits per heavy atom. The third-order valence-corrected chi connectivity index (χ3v) is 9.41. The second-order valence-electron chi connectivity index (χ2n) is 10.2. The number of rotatable bonds is 5. The van der Waals surface area contributed by atoms with E-state index in [1.165, 1.54) is 5.56 Å². The molecule has 0 saturated carbocycles. The van der Waals surface area contributed by atoms with Crippen LogP contribution in [0.15, 0.2) is 59.2 Å². The zero-order valence-electron chi connectivity index (χ0n) is 20.8. The molecule has 2 aliphatic rings. The first-order chi connectivity index (χ1) is 17.9. The average molecular weight is 519 g/mol. The largest absolute Gasteiger partial charge is 0.463 e. The second-order valence-corrected chi connectivity index (χ2v) is 12.5. The van der Waals surface area contributed by atoms with E-state index in [2.05, 4.69) is 24.3 Å². The van der Waals surface area contributed by atoms with Gasteiger partial charge in [-0.3, -0.25) is 4.79 Å². The van der Waals surface area contributed by atoms with Crippen LogP contribution in [0.3, 0.4) is 0 Å². The van der Waals surface area contributed by atoms with Gasteiger partial charge in [0.25, 0.3) is 5.91 Å². The van der Waals surface area contributed by atoms with Crippen molar-refractivity contribution in [2.24, 2.45) is 5.92 Å². The van der Waals surface area contributed by atoms with E-state index >= 15 is 0 Å². The number of likely N-dealkylation sites (tertiary alicyclic amines) is 1. The van der Waals surface area contributed by atoms with Crippen molar-refractivity contribution in [3.63, 3.8) is 0 Å². The minimum absolute atomic E-state index is 0.0358. The van der Waals surface area contributed by atoms with E-state index in [-0.39, 0.29) is 23.5 Å². The minimum Gasteiger partial charge on any atom is -0.463 e. The van der Waals surface area contributed by atoms with Gasteiger partial charge in [0.2, 0.25) is 0 Å². The number of aromatic nitrogens is 3. The Hall–Kier alpha value is -3.46. The third kappa shape index (κ3) is 4.68. The van der Waals surface area contributed by atoms with Crippen molar-refractivity contribution >= 4 is 26.8 Å². The Bertz CT molecular complexity index is 1540. The van der Waals surface area contributed by atoms with Crippen molar-refractivity contribution in [3.8, 4) is 11.5 Å².